The molecule has 1 aromatic heterocycles. The number of hydrogen-bond acceptors (Lipinski definition) is 8. The zero-order chi connectivity index (χ0) is 24.9. The Morgan fingerprint density at radius 3 is 2.59 bits per heavy atom. The summed E-state index contributed by atoms with van der Waals surface area (Å²) < 4.78 is 52.9. The van der Waals surface area contributed by atoms with Gasteiger partial charge in [0.25, 0.3) is 0 Å². The van der Waals surface area contributed by atoms with Crippen LogP contribution in [0.1, 0.15) is 57.3 Å². The minimum absolute atomic E-state index is 0.0582. The molecule has 1 aliphatic rings. The third kappa shape index (κ3) is 6.82. The Morgan fingerprint density at radius 1 is 1.29 bits per heavy atom. The van der Waals surface area contributed by atoms with Crippen LogP contribution in [0.4, 0.5) is 29.7 Å². The smallest absolute Gasteiger partial charge is 0.452 e. The number of anilines is 3. The molecular weight excluding hydrogens is 469 g/mol. The lowest BCUT2D eigenvalue weighted by Crippen LogP contribution is -2.42. The van der Waals surface area contributed by atoms with Crippen LogP contribution in [0.25, 0.3) is 0 Å². The van der Waals surface area contributed by atoms with E-state index in [1.807, 2.05) is 25.1 Å². The zero-order valence-electron chi connectivity index (χ0n) is 19.8. The molecule has 2 aromatic rings. The van der Waals surface area contributed by atoms with Crippen LogP contribution in [0, 0.1) is 5.92 Å². The fraction of sp³-hybridized carbons (Fsp3) is 0.609. The van der Waals surface area contributed by atoms with Crippen LogP contribution in [0.3, 0.4) is 0 Å². The highest BCUT2D eigenvalue weighted by Crippen LogP contribution is 2.37. The van der Waals surface area contributed by atoms with Gasteiger partial charge in [0.1, 0.15) is 0 Å². The first-order valence-corrected chi connectivity index (χ1v) is 12.1. The van der Waals surface area contributed by atoms with E-state index in [9.17, 15) is 18.0 Å². The standard InChI is InChI=1S/C23H31F3N4O3S/c1-14(2)13-30(17-7-9-33-10-8-17)19-6-5-16(15(3)11-20(31)32-4)12-18(19)27-22-28-21(29-34-22)23(24,25)26/h5-6,12,14-15,17H,7-11,13H2,1-4H3,(H,27,28,29). The summed E-state index contributed by atoms with van der Waals surface area (Å²) in [6, 6.07) is 6.05. The van der Waals surface area contributed by atoms with Gasteiger partial charge >= 0.3 is 12.1 Å². The average Bonchev–Trinajstić information content (AvgIpc) is 3.27. The van der Waals surface area contributed by atoms with Gasteiger partial charge in [-0.2, -0.15) is 22.5 Å². The predicted octanol–water partition coefficient (Wildman–Crippen LogP) is 5.61. The van der Waals surface area contributed by atoms with E-state index in [4.69, 9.17) is 9.47 Å². The third-order valence-corrected chi connectivity index (χ3v) is 6.34. The molecule has 1 fully saturated rings. The lowest BCUT2D eigenvalue weighted by molar-refractivity contribution is -0.144. The molecule has 0 radical (unpaired) electrons. The van der Waals surface area contributed by atoms with E-state index < -0.39 is 12.0 Å². The maximum Gasteiger partial charge on any atom is 0.452 e. The topological polar surface area (TPSA) is 76.6 Å². The molecule has 1 aromatic carbocycles. The van der Waals surface area contributed by atoms with E-state index in [0.29, 0.717) is 36.4 Å². The fourth-order valence-corrected chi connectivity index (χ4v) is 4.60. The third-order valence-electron chi connectivity index (χ3n) is 5.71. The molecule has 1 N–H and O–H groups in total. The van der Waals surface area contributed by atoms with Crippen molar-refractivity contribution in [1.29, 1.82) is 0 Å². The first-order chi connectivity index (χ1) is 16.1. The second-order valence-corrected chi connectivity index (χ2v) is 9.65. The molecule has 11 heteroatoms. The zero-order valence-corrected chi connectivity index (χ0v) is 20.6. The number of nitrogens with zero attached hydrogens (tertiary/aromatic N) is 3. The summed E-state index contributed by atoms with van der Waals surface area (Å²) in [4.78, 5) is 17.7. The number of rotatable bonds is 9. The molecule has 34 heavy (non-hydrogen) atoms. The van der Waals surface area contributed by atoms with E-state index in [1.54, 1.807) is 0 Å². The van der Waals surface area contributed by atoms with Crippen molar-refractivity contribution < 1.29 is 27.4 Å². The molecule has 0 bridgehead atoms. The van der Waals surface area contributed by atoms with E-state index in [1.165, 1.54) is 7.11 Å². The van der Waals surface area contributed by atoms with Crippen molar-refractivity contribution in [2.45, 2.75) is 58.2 Å². The molecule has 1 unspecified atom stereocenters. The van der Waals surface area contributed by atoms with Gasteiger partial charge in [-0.25, -0.2) is 0 Å². The van der Waals surface area contributed by atoms with Crippen LogP contribution in [0.15, 0.2) is 18.2 Å². The molecule has 188 valence electrons. The van der Waals surface area contributed by atoms with Crippen LogP contribution in [0.5, 0.6) is 0 Å². The number of carbonyl (C=O) groups is 1. The highest BCUT2D eigenvalue weighted by Gasteiger charge is 2.36. The normalized spacial score (nSPS) is 15.9. The van der Waals surface area contributed by atoms with Gasteiger partial charge in [0.15, 0.2) is 0 Å². The van der Waals surface area contributed by atoms with Crippen molar-refractivity contribution in [1.82, 2.24) is 9.36 Å². The quantitative estimate of drug-likeness (QED) is 0.449. The maximum absolute atomic E-state index is 13.0. The van der Waals surface area contributed by atoms with Crippen LogP contribution >= 0.6 is 11.5 Å². The second-order valence-electron chi connectivity index (χ2n) is 8.89. The van der Waals surface area contributed by atoms with Crippen molar-refractivity contribution in [2.24, 2.45) is 5.92 Å². The van der Waals surface area contributed by atoms with E-state index in [0.717, 1.165) is 30.6 Å². The number of hydrogen-bond donors (Lipinski definition) is 1. The predicted molar refractivity (Wildman–Crippen MR) is 126 cm³/mol. The van der Waals surface area contributed by atoms with Crippen LogP contribution < -0.4 is 10.2 Å². The molecule has 3 rings (SSSR count). The number of nitrogens with one attached hydrogen (secondary N) is 1. The van der Waals surface area contributed by atoms with Crippen molar-refractivity contribution >= 4 is 34.0 Å². The highest BCUT2D eigenvalue weighted by atomic mass is 32.1. The number of methoxy groups -OCH3 is 1. The Morgan fingerprint density at radius 2 is 2.00 bits per heavy atom. The summed E-state index contributed by atoms with van der Waals surface area (Å²) in [5.41, 5.74) is 2.37. The van der Waals surface area contributed by atoms with Crippen LogP contribution in [-0.2, 0) is 20.4 Å². The first kappa shape index (κ1) is 26.2. The summed E-state index contributed by atoms with van der Waals surface area (Å²) in [6.45, 7) is 8.29. The van der Waals surface area contributed by atoms with Gasteiger partial charge in [0, 0.05) is 37.3 Å². The summed E-state index contributed by atoms with van der Waals surface area (Å²) in [5, 5.41) is 3.13. The van der Waals surface area contributed by atoms with Gasteiger partial charge in [-0.1, -0.05) is 26.8 Å². The Bertz CT molecular complexity index is 961. The number of benzene rings is 1. The molecule has 0 amide bonds. The number of esters is 1. The largest absolute Gasteiger partial charge is 0.469 e. The van der Waals surface area contributed by atoms with Crippen molar-refractivity contribution in [2.75, 3.05) is 37.1 Å². The molecule has 0 saturated carbocycles. The summed E-state index contributed by atoms with van der Waals surface area (Å²) in [7, 11) is 1.34. The Balaban J connectivity index is 2.00. The van der Waals surface area contributed by atoms with Crippen molar-refractivity contribution in [3.8, 4) is 0 Å². The van der Waals surface area contributed by atoms with Crippen LogP contribution in [-0.4, -0.2) is 48.2 Å². The number of alkyl halides is 3. The highest BCUT2D eigenvalue weighted by molar-refractivity contribution is 7.09. The van der Waals surface area contributed by atoms with Gasteiger partial charge < -0.3 is 19.7 Å². The number of halogens is 3. The number of ether oxygens (including phenoxy) is 2. The molecule has 0 spiro atoms. The van der Waals surface area contributed by atoms with E-state index in [2.05, 4.69) is 33.4 Å². The van der Waals surface area contributed by atoms with Gasteiger partial charge in [-0.3, -0.25) is 4.79 Å². The minimum Gasteiger partial charge on any atom is -0.469 e. The van der Waals surface area contributed by atoms with E-state index in [-0.39, 0.29) is 29.5 Å². The van der Waals surface area contributed by atoms with E-state index >= 15 is 0 Å². The summed E-state index contributed by atoms with van der Waals surface area (Å²) in [6.07, 6.45) is -2.68. The lowest BCUT2D eigenvalue weighted by atomic mass is 9.95. The molecule has 0 aliphatic carbocycles. The second kappa shape index (κ2) is 11.4. The molecule has 7 nitrogen and oxygen atoms in total. The van der Waals surface area contributed by atoms with Gasteiger partial charge in [-0.05, 0) is 42.4 Å². The molecule has 1 aliphatic heterocycles. The van der Waals surface area contributed by atoms with Gasteiger partial charge in [0.05, 0.1) is 24.9 Å². The van der Waals surface area contributed by atoms with Crippen molar-refractivity contribution in [3.63, 3.8) is 0 Å². The fourth-order valence-electron chi connectivity index (χ4n) is 4.00. The monoisotopic (exact) mass is 500 g/mol. The number of aromatic nitrogens is 2. The van der Waals surface area contributed by atoms with Gasteiger partial charge in [0.2, 0.25) is 11.0 Å². The average molecular weight is 501 g/mol. The first-order valence-electron chi connectivity index (χ1n) is 11.3. The number of carbonyl (C=O) groups excluding carboxylic acids is 1. The SMILES string of the molecule is COC(=O)CC(C)c1ccc(N(CC(C)C)C2CCOCC2)c(Nc2nc(C(F)(F)F)ns2)c1. The molecule has 1 atom stereocenters. The Hall–Kier alpha value is -2.40. The lowest BCUT2D eigenvalue weighted by Gasteiger charge is -2.38. The maximum atomic E-state index is 13.0. The summed E-state index contributed by atoms with van der Waals surface area (Å²) >= 11 is 0.665. The Labute approximate surface area is 201 Å². The van der Waals surface area contributed by atoms with Gasteiger partial charge in [-0.15, -0.1) is 0 Å². The van der Waals surface area contributed by atoms with Crippen molar-refractivity contribution in [3.05, 3.63) is 29.6 Å². The molecule has 2 heterocycles. The minimum atomic E-state index is -4.61. The molecular formula is C23H31F3N4O3S. The summed E-state index contributed by atoms with van der Waals surface area (Å²) in [5.74, 6) is -1.26. The van der Waals surface area contributed by atoms with Crippen LogP contribution in [0.2, 0.25) is 0 Å². The Kier molecular flexibility index (Phi) is 8.75. The molecule has 1 saturated heterocycles.